The Bertz CT molecular complexity index is 490. The highest BCUT2D eigenvalue weighted by molar-refractivity contribution is 5.77. The summed E-state index contributed by atoms with van der Waals surface area (Å²) >= 11 is 0. The van der Waals surface area contributed by atoms with Crippen molar-refractivity contribution >= 4 is 5.91 Å². The zero-order chi connectivity index (χ0) is 16.7. The summed E-state index contributed by atoms with van der Waals surface area (Å²) in [5, 5.41) is 3.22. The van der Waals surface area contributed by atoms with Crippen LogP contribution in [0.1, 0.15) is 18.1 Å². The van der Waals surface area contributed by atoms with Gasteiger partial charge in [-0.25, -0.2) is 0 Å². The van der Waals surface area contributed by atoms with Crippen LogP contribution < -0.4 is 5.32 Å². The first kappa shape index (κ1) is 17.9. The minimum absolute atomic E-state index is 0.105. The lowest BCUT2D eigenvalue weighted by Gasteiger charge is -2.30. The molecule has 0 saturated carbocycles. The average Bonchev–Trinajstić information content (AvgIpc) is 2.55. The fraction of sp³-hybridized carbons (Fsp3) is 0.611. The molecule has 1 fully saturated rings. The van der Waals surface area contributed by atoms with E-state index in [2.05, 4.69) is 48.5 Å². The molecule has 0 unspecified atom stereocenters. The Labute approximate surface area is 139 Å². The molecular weight excluding hydrogens is 290 g/mol. The summed E-state index contributed by atoms with van der Waals surface area (Å²) in [6, 6.07) is 8.45. The molecule has 1 amide bonds. The summed E-state index contributed by atoms with van der Waals surface area (Å²) in [6.45, 7) is 6.53. The Morgan fingerprint density at radius 3 is 2.70 bits per heavy atom. The monoisotopic (exact) mass is 319 g/mol. The van der Waals surface area contributed by atoms with Crippen molar-refractivity contribution in [2.75, 3.05) is 46.9 Å². The Hall–Kier alpha value is -1.43. The molecule has 1 aromatic carbocycles. The average molecular weight is 319 g/mol. The molecule has 1 aliphatic heterocycles. The van der Waals surface area contributed by atoms with Gasteiger partial charge in [0.05, 0.1) is 19.3 Å². The van der Waals surface area contributed by atoms with Gasteiger partial charge in [0.25, 0.3) is 0 Å². The van der Waals surface area contributed by atoms with Crippen molar-refractivity contribution in [2.24, 2.45) is 0 Å². The van der Waals surface area contributed by atoms with Crippen LogP contribution in [0, 0.1) is 0 Å². The van der Waals surface area contributed by atoms with Gasteiger partial charge in [-0.05, 0) is 24.6 Å². The molecule has 0 spiro atoms. The van der Waals surface area contributed by atoms with Crippen LogP contribution in [-0.2, 0) is 22.5 Å². The first-order valence-corrected chi connectivity index (χ1v) is 8.41. The molecule has 1 aromatic rings. The second-order valence-corrected chi connectivity index (χ2v) is 6.31. The molecule has 1 heterocycles. The third kappa shape index (κ3) is 5.94. The van der Waals surface area contributed by atoms with Gasteiger partial charge in [0.1, 0.15) is 0 Å². The quantitative estimate of drug-likeness (QED) is 0.818. The molecule has 0 radical (unpaired) electrons. The molecule has 128 valence electrons. The van der Waals surface area contributed by atoms with Gasteiger partial charge in [0.15, 0.2) is 0 Å². The number of benzene rings is 1. The predicted molar refractivity (Wildman–Crippen MR) is 92.4 cm³/mol. The summed E-state index contributed by atoms with van der Waals surface area (Å²) < 4.78 is 5.68. The molecule has 1 aliphatic rings. The van der Waals surface area contributed by atoms with E-state index in [1.165, 1.54) is 5.56 Å². The van der Waals surface area contributed by atoms with Crippen LogP contribution in [0.15, 0.2) is 24.3 Å². The lowest BCUT2D eigenvalue weighted by atomic mass is 10.1. The number of hydrogen-bond acceptors (Lipinski definition) is 4. The molecule has 1 N–H and O–H groups in total. The number of nitrogens with one attached hydrogen (secondary N) is 1. The molecule has 5 heteroatoms. The van der Waals surface area contributed by atoms with E-state index in [4.69, 9.17) is 4.74 Å². The third-order valence-corrected chi connectivity index (χ3v) is 4.27. The van der Waals surface area contributed by atoms with Crippen molar-refractivity contribution in [3.05, 3.63) is 35.4 Å². The van der Waals surface area contributed by atoms with Crippen LogP contribution in [0.4, 0.5) is 0 Å². The number of ether oxygens (including phenoxy) is 1. The molecule has 1 atom stereocenters. The van der Waals surface area contributed by atoms with Crippen LogP contribution in [-0.4, -0.2) is 68.7 Å². The van der Waals surface area contributed by atoms with Gasteiger partial charge in [-0.3, -0.25) is 4.79 Å². The van der Waals surface area contributed by atoms with E-state index in [0.717, 1.165) is 38.2 Å². The van der Waals surface area contributed by atoms with Gasteiger partial charge in [-0.2, -0.15) is 0 Å². The SMILES string of the molecule is CCc1ccc(CN(C)C(=O)CNC[C@@H]2CN(C)CCO2)cc1. The van der Waals surface area contributed by atoms with Crippen LogP contribution in [0.25, 0.3) is 0 Å². The zero-order valence-electron chi connectivity index (χ0n) is 14.5. The van der Waals surface area contributed by atoms with Crippen LogP contribution in [0.5, 0.6) is 0 Å². The molecule has 1 saturated heterocycles. The largest absolute Gasteiger partial charge is 0.374 e. The molecule has 0 aromatic heterocycles. The molecule has 0 aliphatic carbocycles. The van der Waals surface area contributed by atoms with Gasteiger partial charge < -0.3 is 19.9 Å². The Kier molecular flexibility index (Phi) is 7.02. The first-order chi connectivity index (χ1) is 11.1. The lowest BCUT2D eigenvalue weighted by Crippen LogP contribution is -2.46. The van der Waals surface area contributed by atoms with E-state index in [0.29, 0.717) is 13.1 Å². The van der Waals surface area contributed by atoms with Gasteiger partial charge >= 0.3 is 0 Å². The third-order valence-electron chi connectivity index (χ3n) is 4.27. The number of likely N-dealkylation sites (N-methyl/N-ethyl adjacent to an activating group) is 2. The maximum Gasteiger partial charge on any atom is 0.236 e. The summed E-state index contributed by atoms with van der Waals surface area (Å²) in [6.07, 6.45) is 1.21. The minimum atomic E-state index is 0.105. The van der Waals surface area contributed by atoms with Crippen LogP contribution in [0.3, 0.4) is 0 Å². The molecule has 0 bridgehead atoms. The van der Waals surface area contributed by atoms with Gasteiger partial charge in [-0.1, -0.05) is 31.2 Å². The van der Waals surface area contributed by atoms with E-state index in [1.807, 2.05) is 7.05 Å². The Morgan fingerprint density at radius 1 is 1.35 bits per heavy atom. The summed E-state index contributed by atoms with van der Waals surface area (Å²) in [5.41, 5.74) is 2.48. The normalized spacial score (nSPS) is 18.8. The standard InChI is InChI=1S/C18H29N3O2/c1-4-15-5-7-16(8-6-15)13-21(3)18(22)12-19-11-17-14-20(2)9-10-23-17/h5-8,17,19H,4,9-14H2,1-3H3/t17-/m1/s1. The second-order valence-electron chi connectivity index (χ2n) is 6.31. The zero-order valence-corrected chi connectivity index (χ0v) is 14.5. The van der Waals surface area contributed by atoms with E-state index in [1.54, 1.807) is 4.90 Å². The van der Waals surface area contributed by atoms with Gasteiger partial charge in [0, 0.05) is 33.2 Å². The molecule has 2 rings (SSSR count). The van der Waals surface area contributed by atoms with Crippen LogP contribution in [0.2, 0.25) is 0 Å². The first-order valence-electron chi connectivity index (χ1n) is 8.41. The second kappa shape index (κ2) is 9.01. The number of aryl methyl sites for hydroxylation is 1. The fourth-order valence-corrected chi connectivity index (χ4v) is 2.71. The lowest BCUT2D eigenvalue weighted by molar-refractivity contribution is -0.129. The Balaban J connectivity index is 1.69. The molecule has 23 heavy (non-hydrogen) atoms. The van der Waals surface area contributed by atoms with Gasteiger partial charge in [-0.15, -0.1) is 0 Å². The fourth-order valence-electron chi connectivity index (χ4n) is 2.71. The maximum atomic E-state index is 12.2. The van der Waals surface area contributed by atoms with Crippen molar-refractivity contribution in [1.82, 2.24) is 15.1 Å². The Morgan fingerprint density at radius 2 is 2.04 bits per heavy atom. The highest BCUT2D eigenvalue weighted by Gasteiger charge is 2.18. The minimum Gasteiger partial charge on any atom is -0.374 e. The molecule has 5 nitrogen and oxygen atoms in total. The number of carbonyl (C=O) groups is 1. The number of rotatable bonds is 7. The summed E-state index contributed by atoms with van der Waals surface area (Å²) in [5.74, 6) is 0.105. The van der Waals surface area contributed by atoms with Crippen molar-refractivity contribution in [2.45, 2.75) is 26.0 Å². The molecular formula is C18H29N3O2. The van der Waals surface area contributed by atoms with Gasteiger partial charge in [0.2, 0.25) is 5.91 Å². The van der Waals surface area contributed by atoms with Crippen molar-refractivity contribution in [1.29, 1.82) is 0 Å². The van der Waals surface area contributed by atoms with E-state index < -0.39 is 0 Å². The smallest absolute Gasteiger partial charge is 0.236 e. The number of amides is 1. The highest BCUT2D eigenvalue weighted by atomic mass is 16.5. The topological polar surface area (TPSA) is 44.8 Å². The van der Waals surface area contributed by atoms with E-state index >= 15 is 0 Å². The predicted octanol–water partition coefficient (Wildman–Crippen LogP) is 1.13. The number of hydrogen-bond donors (Lipinski definition) is 1. The highest BCUT2D eigenvalue weighted by Crippen LogP contribution is 2.07. The van der Waals surface area contributed by atoms with E-state index in [9.17, 15) is 4.79 Å². The van der Waals surface area contributed by atoms with Crippen LogP contribution >= 0.6 is 0 Å². The van der Waals surface area contributed by atoms with E-state index in [-0.39, 0.29) is 12.0 Å². The van der Waals surface area contributed by atoms with Crippen molar-refractivity contribution in [3.63, 3.8) is 0 Å². The summed E-state index contributed by atoms with van der Waals surface area (Å²) in [7, 11) is 3.95. The van der Waals surface area contributed by atoms with Crippen molar-refractivity contribution in [3.8, 4) is 0 Å². The number of morpholine rings is 1. The number of nitrogens with zero attached hydrogens (tertiary/aromatic N) is 2. The van der Waals surface area contributed by atoms with Crippen molar-refractivity contribution < 1.29 is 9.53 Å². The summed E-state index contributed by atoms with van der Waals surface area (Å²) in [4.78, 5) is 16.2. The maximum absolute atomic E-state index is 12.2. The number of carbonyl (C=O) groups excluding carboxylic acids is 1.